The Morgan fingerprint density at radius 1 is 1.11 bits per heavy atom. The Labute approximate surface area is 213 Å². The lowest BCUT2D eigenvalue weighted by Crippen LogP contribution is -2.24. The molecule has 14 heteroatoms. The molecule has 0 saturated carbocycles. The van der Waals surface area contributed by atoms with E-state index in [2.05, 4.69) is 21.6 Å². The van der Waals surface area contributed by atoms with Gasteiger partial charge in [0.05, 0.1) is 39.2 Å². The molecule has 5 rings (SSSR count). The summed E-state index contributed by atoms with van der Waals surface area (Å²) >= 11 is 0. The van der Waals surface area contributed by atoms with Crippen molar-refractivity contribution < 1.29 is 30.8 Å². The smallest absolute Gasteiger partial charge is 0.266 e. The Bertz CT molecular complexity index is 1730. The second kappa shape index (κ2) is 9.21. The summed E-state index contributed by atoms with van der Waals surface area (Å²) in [4.78, 5) is -0.0516. The minimum atomic E-state index is -4.05. The number of nitrogens with zero attached hydrogens (tertiary/aromatic N) is 4. The van der Waals surface area contributed by atoms with E-state index in [0.717, 1.165) is 22.2 Å². The molecule has 1 aliphatic heterocycles. The average Bonchev–Trinajstić information content (AvgIpc) is 3.59. The number of hydrogen-bond acceptors (Lipinski definition) is 9. The largest absolute Gasteiger partial charge is 0.496 e. The van der Waals surface area contributed by atoms with Gasteiger partial charge in [0.25, 0.3) is 10.0 Å². The van der Waals surface area contributed by atoms with Crippen LogP contribution in [0.1, 0.15) is 16.8 Å². The van der Waals surface area contributed by atoms with Gasteiger partial charge in [0.1, 0.15) is 21.8 Å². The second-order valence-corrected chi connectivity index (χ2v) is 11.7. The third-order valence-electron chi connectivity index (χ3n) is 6.02. The molecule has 1 aliphatic rings. The number of fused-ring (bicyclic) bond motifs is 2. The normalized spacial score (nSPS) is 14.0. The number of hydrogen-bond donors (Lipinski definition) is 1. The molecule has 37 heavy (non-hydrogen) atoms. The highest BCUT2D eigenvalue weighted by Gasteiger charge is 2.30. The first-order chi connectivity index (χ1) is 17.7. The zero-order valence-corrected chi connectivity index (χ0v) is 21.5. The molecule has 0 atom stereocenters. The van der Waals surface area contributed by atoms with E-state index < -0.39 is 20.0 Å². The molecule has 0 amide bonds. The van der Waals surface area contributed by atoms with E-state index in [1.807, 2.05) is 0 Å². The summed E-state index contributed by atoms with van der Waals surface area (Å²) in [6, 6.07) is 9.64. The molecule has 0 saturated heterocycles. The summed E-state index contributed by atoms with van der Waals surface area (Å²) in [6.07, 6.45) is 1.64. The van der Waals surface area contributed by atoms with Crippen molar-refractivity contribution in [1.82, 2.24) is 19.2 Å². The minimum Gasteiger partial charge on any atom is -0.496 e. The number of sulfonamides is 2. The topological polar surface area (TPSA) is 146 Å². The molecular weight excluding hydrogens is 522 g/mol. The van der Waals surface area contributed by atoms with Gasteiger partial charge in [-0.1, -0.05) is 23.9 Å². The number of ether oxygens (including phenoxy) is 2. The van der Waals surface area contributed by atoms with Crippen LogP contribution in [-0.2, 0) is 39.7 Å². The fourth-order valence-electron chi connectivity index (χ4n) is 4.21. The van der Waals surface area contributed by atoms with Crippen molar-refractivity contribution in [3.63, 3.8) is 0 Å². The molecule has 12 nitrogen and oxygen atoms in total. The van der Waals surface area contributed by atoms with E-state index in [0.29, 0.717) is 23.3 Å². The summed E-state index contributed by atoms with van der Waals surface area (Å²) < 4.78 is 72.1. The molecule has 0 fully saturated rings. The quantitative estimate of drug-likeness (QED) is 0.335. The van der Waals surface area contributed by atoms with Crippen LogP contribution in [0.2, 0.25) is 0 Å². The zero-order valence-electron chi connectivity index (χ0n) is 19.9. The van der Waals surface area contributed by atoms with Crippen molar-refractivity contribution in [2.45, 2.75) is 24.5 Å². The first-order valence-corrected chi connectivity index (χ1v) is 13.9. The molecule has 0 spiro atoms. The molecule has 194 valence electrons. The van der Waals surface area contributed by atoms with E-state index in [4.69, 9.17) is 14.0 Å². The zero-order chi connectivity index (χ0) is 26.4. The Morgan fingerprint density at radius 2 is 1.86 bits per heavy atom. The average molecular weight is 546 g/mol. The van der Waals surface area contributed by atoms with Gasteiger partial charge in [-0.2, -0.15) is 9.40 Å². The summed E-state index contributed by atoms with van der Waals surface area (Å²) in [6.45, 7) is 4.09. The molecule has 2 aromatic heterocycles. The first kappa shape index (κ1) is 24.8. The van der Waals surface area contributed by atoms with E-state index >= 15 is 0 Å². The van der Waals surface area contributed by atoms with Crippen LogP contribution >= 0.6 is 0 Å². The van der Waals surface area contributed by atoms with Crippen LogP contribution in [0, 0.1) is 0 Å². The lowest BCUT2D eigenvalue weighted by atomic mass is 10.1. The SMILES string of the molecule is C=CS(=O)(=O)N1Cc2cnn(Cc3cc(OC)c4c(NS(=O)(=O)c5ccccc5OC)noc4c3)c2C1. The number of nitrogens with one attached hydrogen (secondary N) is 1. The number of aromatic nitrogens is 3. The predicted octanol–water partition coefficient (Wildman–Crippen LogP) is 2.68. The van der Waals surface area contributed by atoms with E-state index in [-0.39, 0.29) is 29.6 Å². The van der Waals surface area contributed by atoms with Gasteiger partial charge in [-0.25, -0.2) is 16.8 Å². The van der Waals surface area contributed by atoms with Crippen LogP contribution in [0.4, 0.5) is 5.82 Å². The summed E-state index contributed by atoms with van der Waals surface area (Å²) in [7, 11) is -4.76. The summed E-state index contributed by atoms with van der Waals surface area (Å²) in [5.74, 6) is 0.490. The summed E-state index contributed by atoms with van der Waals surface area (Å²) in [5, 5.41) is 9.59. The van der Waals surface area contributed by atoms with Crippen molar-refractivity contribution in [1.29, 1.82) is 0 Å². The number of benzene rings is 2. The van der Waals surface area contributed by atoms with Crippen LogP contribution in [0.15, 0.2) is 64.0 Å². The maximum atomic E-state index is 13.1. The molecule has 4 aromatic rings. The lowest BCUT2D eigenvalue weighted by molar-refractivity contribution is 0.403. The van der Waals surface area contributed by atoms with Crippen molar-refractivity contribution in [3.8, 4) is 11.5 Å². The number of anilines is 1. The highest BCUT2D eigenvalue weighted by atomic mass is 32.2. The van der Waals surface area contributed by atoms with Crippen molar-refractivity contribution in [2.24, 2.45) is 0 Å². The fraction of sp³-hybridized carbons (Fsp3) is 0.217. The standard InChI is InChI=1S/C23H23N5O7S2/c1-4-36(29,30)27-13-16-11-24-28(17(16)14-27)12-15-9-19(34-3)22-20(10-15)35-25-23(22)26-37(31,32)21-8-6-5-7-18(21)33-2/h4-11H,1,12-14H2,2-3H3,(H,25,26). The van der Waals surface area contributed by atoms with Gasteiger partial charge in [0.2, 0.25) is 10.0 Å². The Balaban J connectivity index is 1.45. The predicted molar refractivity (Wildman–Crippen MR) is 134 cm³/mol. The van der Waals surface area contributed by atoms with Crippen LogP contribution in [0.5, 0.6) is 11.5 Å². The molecule has 0 bridgehead atoms. The molecule has 0 unspecified atom stereocenters. The number of methoxy groups -OCH3 is 2. The lowest BCUT2D eigenvalue weighted by Gasteiger charge is -2.13. The Morgan fingerprint density at radius 3 is 2.59 bits per heavy atom. The molecule has 1 N–H and O–H groups in total. The van der Waals surface area contributed by atoms with Crippen molar-refractivity contribution in [3.05, 3.63) is 71.4 Å². The highest BCUT2D eigenvalue weighted by Crippen LogP contribution is 2.36. The molecule has 0 aliphatic carbocycles. The van der Waals surface area contributed by atoms with Crippen LogP contribution in [0.25, 0.3) is 11.0 Å². The monoisotopic (exact) mass is 545 g/mol. The van der Waals surface area contributed by atoms with Crippen molar-refractivity contribution >= 4 is 36.8 Å². The van der Waals surface area contributed by atoms with Gasteiger partial charge in [0, 0.05) is 17.5 Å². The van der Waals surface area contributed by atoms with Gasteiger partial charge in [-0.3, -0.25) is 9.40 Å². The second-order valence-electron chi connectivity index (χ2n) is 8.21. The first-order valence-electron chi connectivity index (χ1n) is 10.9. The van der Waals surface area contributed by atoms with Crippen LogP contribution in [0.3, 0.4) is 0 Å². The maximum absolute atomic E-state index is 13.1. The van der Waals surface area contributed by atoms with Gasteiger partial charge in [-0.15, -0.1) is 0 Å². The molecular formula is C23H23N5O7S2. The molecule has 2 aromatic carbocycles. The van der Waals surface area contributed by atoms with Gasteiger partial charge in [0.15, 0.2) is 11.4 Å². The maximum Gasteiger partial charge on any atom is 0.266 e. The third kappa shape index (κ3) is 4.43. The highest BCUT2D eigenvalue weighted by molar-refractivity contribution is 7.93. The summed E-state index contributed by atoms with van der Waals surface area (Å²) in [5.41, 5.74) is 2.61. The number of rotatable bonds is 9. The molecule has 0 radical (unpaired) electrons. The van der Waals surface area contributed by atoms with Gasteiger partial charge >= 0.3 is 0 Å². The van der Waals surface area contributed by atoms with E-state index in [1.54, 1.807) is 41.2 Å². The number of para-hydroxylation sites is 1. The fourth-order valence-corrected chi connectivity index (χ4v) is 6.22. The van der Waals surface area contributed by atoms with E-state index in [1.165, 1.54) is 24.6 Å². The molecule has 3 heterocycles. The van der Waals surface area contributed by atoms with Crippen molar-refractivity contribution in [2.75, 3.05) is 18.9 Å². The van der Waals surface area contributed by atoms with Gasteiger partial charge < -0.3 is 14.0 Å². The Hall–Kier alpha value is -3.88. The van der Waals surface area contributed by atoms with Gasteiger partial charge in [-0.05, 0) is 29.8 Å². The van der Waals surface area contributed by atoms with E-state index in [9.17, 15) is 16.8 Å². The Kier molecular flexibility index (Phi) is 6.17. The third-order valence-corrected chi connectivity index (χ3v) is 8.80. The van der Waals surface area contributed by atoms with Crippen LogP contribution in [-0.4, -0.2) is 50.3 Å². The minimum absolute atomic E-state index is 0.0328. The van der Waals surface area contributed by atoms with Crippen LogP contribution < -0.4 is 14.2 Å².